The van der Waals surface area contributed by atoms with Gasteiger partial charge in [0, 0.05) is 8.07 Å². The van der Waals surface area contributed by atoms with Crippen molar-refractivity contribution in [2.45, 2.75) is 38.2 Å². The Balaban J connectivity index is 2.55. The SMILES string of the molecule is COC(=O)c1ccc([C@@H](O)C/C=C/C[Si](C)(C)C)cc1. The van der Waals surface area contributed by atoms with Crippen LogP contribution in [0.2, 0.25) is 25.7 Å². The Morgan fingerprint density at radius 2 is 1.85 bits per heavy atom. The minimum Gasteiger partial charge on any atom is -0.465 e. The monoisotopic (exact) mass is 292 g/mol. The van der Waals surface area contributed by atoms with Crippen LogP contribution in [-0.2, 0) is 4.74 Å². The van der Waals surface area contributed by atoms with E-state index in [0.29, 0.717) is 12.0 Å². The second-order valence-electron chi connectivity index (χ2n) is 6.10. The van der Waals surface area contributed by atoms with Gasteiger partial charge >= 0.3 is 5.97 Å². The summed E-state index contributed by atoms with van der Waals surface area (Å²) in [4.78, 5) is 11.3. The molecular weight excluding hydrogens is 268 g/mol. The maximum Gasteiger partial charge on any atom is 0.337 e. The number of hydrogen-bond donors (Lipinski definition) is 1. The van der Waals surface area contributed by atoms with Crippen molar-refractivity contribution in [1.29, 1.82) is 0 Å². The lowest BCUT2D eigenvalue weighted by Gasteiger charge is -2.12. The van der Waals surface area contributed by atoms with Crippen LogP contribution in [0.25, 0.3) is 0 Å². The third-order valence-electron chi connectivity index (χ3n) is 2.97. The molecule has 0 spiro atoms. The van der Waals surface area contributed by atoms with Crippen LogP contribution >= 0.6 is 0 Å². The lowest BCUT2D eigenvalue weighted by atomic mass is 10.0. The van der Waals surface area contributed by atoms with Gasteiger partial charge in [0.05, 0.1) is 18.8 Å². The quantitative estimate of drug-likeness (QED) is 0.493. The molecule has 1 atom stereocenters. The standard InChI is InChI=1S/C16H24O3Si/c1-19-16(18)14-10-8-13(9-11-14)15(17)7-5-6-12-20(2,3)4/h5-6,8-11,15,17H,7,12H2,1-4H3/b6-5+/t15-/m0/s1. The highest BCUT2D eigenvalue weighted by Gasteiger charge is 2.11. The minimum atomic E-state index is -1.05. The fraction of sp³-hybridized carbons (Fsp3) is 0.438. The van der Waals surface area contributed by atoms with Crippen molar-refractivity contribution in [2.75, 3.05) is 7.11 Å². The lowest BCUT2D eigenvalue weighted by Crippen LogP contribution is -2.17. The Morgan fingerprint density at radius 1 is 1.25 bits per heavy atom. The van der Waals surface area contributed by atoms with Gasteiger partial charge in [-0.05, 0) is 30.2 Å². The molecule has 20 heavy (non-hydrogen) atoms. The molecule has 0 fully saturated rings. The Kier molecular flexibility index (Phi) is 6.17. The van der Waals surface area contributed by atoms with Crippen LogP contribution in [0.3, 0.4) is 0 Å². The summed E-state index contributed by atoms with van der Waals surface area (Å²) in [7, 11) is 0.303. The molecule has 110 valence electrons. The first-order chi connectivity index (χ1) is 9.33. The molecule has 0 aromatic heterocycles. The van der Waals surface area contributed by atoms with Crippen molar-refractivity contribution in [3.63, 3.8) is 0 Å². The number of methoxy groups -OCH3 is 1. The molecular formula is C16H24O3Si. The lowest BCUT2D eigenvalue weighted by molar-refractivity contribution is 0.0600. The molecule has 1 aromatic carbocycles. The molecule has 0 heterocycles. The van der Waals surface area contributed by atoms with Gasteiger partial charge in [-0.2, -0.15) is 0 Å². The smallest absolute Gasteiger partial charge is 0.337 e. The largest absolute Gasteiger partial charge is 0.465 e. The number of carbonyl (C=O) groups is 1. The Morgan fingerprint density at radius 3 is 2.35 bits per heavy atom. The Bertz CT molecular complexity index is 458. The second-order valence-corrected chi connectivity index (χ2v) is 11.6. The maximum absolute atomic E-state index is 11.3. The van der Waals surface area contributed by atoms with E-state index in [4.69, 9.17) is 0 Å². The van der Waals surface area contributed by atoms with Crippen molar-refractivity contribution < 1.29 is 14.6 Å². The van der Waals surface area contributed by atoms with Gasteiger partial charge < -0.3 is 9.84 Å². The van der Waals surface area contributed by atoms with Crippen molar-refractivity contribution in [2.24, 2.45) is 0 Å². The van der Waals surface area contributed by atoms with E-state index >= 15 is 0 Å². The summed E-state index contributed by atoms with van der Waals surface area (Å²) in [5.74, 6) is -0.360. The summed E-state index contributed by atoms with van der Waals surface area (Å²) < 4.78 is 4.64. The average molecular weight is 292 g/mol. The van der Waals surface area contributed by atoms with E-state index in [1.165, 1.54) is 7.11 Å². The molecule has 1 rings (SSSR count). The molecule has 0 aliphatic heterocycles. The zero-order chi connectivity index (χ0) is 15.2. The molecule has 0 aliphatic rings. The van der Waals surface area contributed by atoms with E-state index < -0.39 is 14.2 Å². The number of aliphatic hydroxyl groups excluding tert-OH is 1. The highest BCUT2D eigenvalue weighted by atomic mass is 28.3. The van der Waals surface area contributed by atoms with Crippen molar-refractivity contribution in [3.05, 3.63) is 47.5 Å². The molecule has 0 unspecified atom stereocenters. The number of esters is 1. The fourth-order valence-corrected chi connectivity index (χ4v) is 2.63. The molecule has 0 saturated heterocycles. The van der Waals surface area contributed by atoms with Crippen LogP contribution in [-0.4, -0.2) is 26.3 Å². The van der Waals surface area contributed by atoms with Crippen LogP contribution in [0.5, 0.6) is 0 Å². The summed E-state index contributed by atoms with van der Waals surface area (Å²) in [6, 6.07) is 8.01. The molecule has 0 saturated carbocycles. The highest BCUT2D eigenvalue weighted by molar-refractivity contribution is 6.76. The first-order valence-electron chi connectivity index (χ1n) is 6.85. The number of benzene rings is 1. The zero-order valence-corrected chi connectivity index (χ0v) is 13.7. The van der Waals surface area contributed by atoms with E-state index in [0.717, 1.165) is 11.6 Å². The maximum atomic E-state index is 11.3. The van der Waals surface area contributed by atoms with Crippen LogP contribution < -0.4 is 0 Å². The molecule has 0 bridgehead atoms. The van der Waals surface area contributed by atoms with E-state index in [1.54, 1.807) is 24.3 Å². The number of ether oxygens (including phenoxy) is 1. The number of aliphatic hydroxyl groups is 1. The van der Waals surface area contributed by atoms with Gasteiger partial charge in [0.25, 0.3) is 0 Å². The fourth-order valence-electron chi connectivity index (χ4n) is 1.76. The highest BCUT2D eigenvalue weighted by Crippen LogP contribution is 2.19. The number of allylic oxidation sites excluding steroid dienone is 1. The van der Waals surface area contributed by atoms with Crippen LogP contribution in [0.1, 0.15) is 28.4 Å². The second kappa shape index (κ2) is 7.41. The van der Waals surface area contributed by atoms with Crippen molar-refractivity contribution >= 4 is 14.0 Å². The number of hydrogen-bond acceptors (Lipinski definition) is 3. The number of rotatable bonds is 6. The molecule has 3 nitrogen and oxygen atoms in total. The summed E-state index contributed by atoms with van der Waals surface area (Å²) >= 11 is 0. The summed E-state index contributed by atoms with van der Waals surface area (Å²) in [5, 5.41) is 10.1. The molecule has 1 N–H and O–H groups in total. The van der Waals surface area contributed by atoms with E-state index in [9.17, 15) is 9.90 Å². The first-order valence-corrected chi connectivity index (χ1v) is 10.6. The topological polar surface area (TPSA) is 46.5 Å². The zero-order valence-electron chi connectivity index (χ0n) is 12.7. The van der Waals surface area contributed by atoms with Crippen LogP contribution in [0.15, 0.2) is 36.4 Å². The van der Waals surface area contributed by atoms with Gasteiger partial charge in [-0.1, -0.05) is 43.9 Å². The third kappa shape index (κ3) is 5.71. The third-order valence-corrected chi connectivity index (χ3v) is 4.43. The molecule has 1 aromatic rings. The van der Waals surface area contributed by atoms with E-state index in [-0.39, 0.29) is 5.97 Å². The van der Waals surface area contributed by atoms with Crippen LogP contribution in [0, 0.1) is 0 Å². The predicted molar refractivity (Wildman–Crippen MR) is 84.7 cm³/mol. The van der Waals surface area contributed by atoms with Gasteiger partial charge in [-0.25, -0.2) is 4.79 Å². The van der Waals surface area contributed by atoms with Gasteiger partial charge in [-0.3, -0.25) is 0 Å². The molecule has 4 heteroatoms. The van der Waals surface area contributed by atoms with Gasteiger partial charge in [0.15, 0.2) is 0 Å². The first kappa shape index (κ1) is 16.7. The average Bonchev–Trinajstić information content (AvgIpc) is 2.41. The predicted octanol–water partition coefficient (Wildman–Crippen LogP) is 3.79. The van der Waals surface area contributed by atoms with Crippen molar-refractivity contribution in [1.82, 2.24) is 0 Å². The Hall–Kier alpha value is -1.39. The van der Waals surface area contributed by atoms with Gasteiger partial charge in [-0.15, -0.1) is 0 Å². The van der Waals surface area contributed by atoms with E-state index in [1.807, 2.05) is 6.08 Å². The normalized spacial score (nSPS) is 13.4. The minimum absolute atomic E-state index is 0.360. The van der Waals surface area contributed by atoms with E-state index in [2.05, 4.69) is 30.5 Å². The molecule has 0 amide bonds. The number of carbonyl (C=O) groups excluding carboxylic acids is 1. The summed E-state index contributed by atoms with van der Waals surface area (Å²) in [6.07, 6.45) is 4.27. The molecule has 0 radical (unpaired) electrons. The van der Waals surface area contributed by atoms with Crippen LogP contribution in [0.4, 0.5) is 0 Å². The van der Waals surface area contributed by atoms with Gasteiger partial charge in [0.1, 0.15) is 0 Å². The molecule has 0 aliphatic carbocycles. The van der Waals surface area contributed by atoms with Crippen molar-refractivity contribution in [3.8, 4) is 0 Å². The Labute approximate surface area is 122 Å². The summed E-state index contributed by atoms with van der Waals surface area (Å²) in [6.45, 7) is 6.96. The van der Waals surface area contributed by atoms with Gasteiger partial charge in [0.2, 0.25) is 0 Å². The summed E-state index contributed by atoms with van der Waals surface area (Å²) in [5.41, 5.74) is 1.31.